The molecule has 0 saturated carbocycles. The average molecular weight is 1020 g/mol. The van der Waals surface area contributed by atoms with Gasteiger partial charge in [0.05, 0.1) is 22.5 Å². The van der Waals surface area contributed by atoms with Crippen molar-refractivity contribution in [2.24, 2.45) is 20.5 Å². The Labute approximate surface area is 430 Å². The van der Waals surface area contributed by atoms with Crippen LogP contribution in [0.2, 0.25) is 0 Å². The van der Waals surface area contributed by atoms with Crippen LogP contribution >= 0.6 is 0 Å². The molecule has 0 heterocycles. The van der Waals surface area contributed by atoms with E-state index in [-0.39, 0.29) is 125 Å². The van der Waals surface area contributed by atoms with Gasteiger partial charge in [0.15, 0.2) is 11.6 Å². The summed E-state index contributed by atoms with van der Waals surface area (Å²) in [6.45, 7) is 3.43. The van der Waals surface area contributed by atoms with Gasteiger partial charge in [-0.1, -0.05) is 86.6 Å². The standard InChI is InChI=1S/2C27H21N3O6.Cr/c2*1-2-23(33)28-19-9-5-6-15-10-13-22(32)25(24(15)19)30-29-20-14-16(11-12-21(20)31)26(34)17-7-3-4-8-18(17)27(35)36;/h2*3-14,31-32H,2H2,1H3,(H,28,33)(H,35,36);/p+3. The van der Waals surface area contributed by atoms with Gasteiger partial charge < -0.3 is 41.3 Å². The van der Waals surface area contributed by atoms with E-state index in [1.54, 1.807) is 74.5 Å². The van der Waals surface area contributed by atoms with Gasteiger partial charge in [-0.15, -0.1) is 20.5 Å². The number of aromatic hydroxyl groups is 4. The Morgan fingerprint density at radius 2 is 0.795 bits per heavy atom. The van der Waals surface area contributed by atoms with Crippen LogP contribution in [0.25, 0.3) is 21.5 Å². The van der Waals surface area contributed by atoms with Crippen molar-refractivity contribution in [1.82, 2.24) is 0 Å². The normalized spacial score (nSPS) is 10.9. The molecule has 0 unspecified atom stereocenters. The van der Waals surface area contributed by atoms with Crippen molar-refractivity contribution < 1.29 is 81.0 Å². The third-order valence-electron chi connectivity index (χ3n) is 11.0. The number of azo groups is 2. The number of carbonyl (C=O) groups excluding carboxylic acids is 4. The molecule has 8 N–H and O–H groups in total. The number of carbonyl (C=O) groups is 6. The second-order valence-corrected chi connectivity index (χ2v) is 15.6. The van der Waals surface area contributed by atoms with Crippen molar-refractivity contribution in [2.45, 2.75) is 26.7 Å². The zero-order valence-electron chi connectivity index (χ0n) is 41.6. The van der Waals surface area contributed by atoms with E-state index in [1.165, 1.54) is 84.9 Å². The van der Waals surface area contributed by atoms with Gasteiger partial charge in [-0.2, -0.15) is 0 Å². The molecule has 19 heteroatoms. The van der Waals surface area contributed by atoms with Crippen molar-refractivity contribution in [3.63, 3.8) is 0 Å². The summed E-state index contributed by atoms with van der Waals surface area (Å²) >= 11 is 0. The van der Waals surface area contributed by atoms with Crippen LogP contribution < -0.4 is 10.6 Å². The number of hydrogen-bond donors (Lipinski definition) is 8. The minimum absolute atomic E-state index is 0. The van der Waals surface area contributed by atoms with Gasteiger partial charge in [-0.05, 0) is 83.6 Å². The van der Waals surface area contributed by atoms with Gasteiger partial charge in [0.2, 0.25) is 11.8 Å². The van der Waals surface area contributed by atoms with Crippen LogP contribution in [0.3, 0.4) is 0 Å². The molecule has 0 aliphatic rings. The number of carboxylic acid groups (broad SMARTS) is 2. The SMILES string of the molecule is CCC(=O)Nc1cccc2ccc(O)c(N=Nc3cc(C(=O)c4ccccc4C(=O)O)ccc3O)c12.CCC(=O)Nc1cccc2ccc(O)c(N=Nc3cc(C(=O)c4ccccc4C(=O)O)ccc3O)c12.[Cr].[H+].[H+].[H+]. The van der Waals surface area contributed by atoms with E-state index in [0.29, 0.717) is 32.9 Å². The van der Waals surface area contributed by atoms with Gasteiger partial charge >= 0.3 is 16.2 Å². The molecular weight excluding hydrogens is 977 g/mol. The number of ketones is 2. The average Bonchev–Trinajstić information content (AvgIpc) is 3.38. The summed E-state index contributed by atoms with van der Waals surface area (Å²) in [4.78, 5) is 73.1. The molecule has 0 aliphatic carbocycles. The molecule has 8 rings (SSSR count). The largest absolute Gasteiger partial charge is 1.00 e. The first-order valence-electron chi connectivity index (χ1n) is 21.9. The van der Waals surface area contributed by atoms with Gasteiger partial charge in [0.1, 0.15) is 45.7 Å². The number of rotatable bonds is 14. The second-order valence-electron chi connectivity index (χ2n) is 15.6. The van der Waals surface area contributed by atoms with Crippen LogP contribution in [0.1, 0.15) is 83.5 Å². The van der Waals surface area contributed by atoms with Crippen molar-refractivity contribution in [3.8, 4) is 23.0 Å². The van der Waals surface area contributed by atoms with E-state index in [0.717, 1.165) is 0 Å². The number of nitrogens with one attached hydrogen (secondary N) is 2. The minimum Gasteiger partial charge on any atom is -0.506 e. The molecule has 73 heavy (non-hydrogen) atoms. The van der Waals surface area contributed by atoms with Crippen LogP contribution in [0.15, 0.2) is 166 Å². The smallest absolute Gasteiger partial charge is 0.506 e. The van der Waals surface area contributed by atoms with Crippen LogP contribution in [-0.2, 0) is 27.0 Å². The van der Waals surface area contributed by atoms with Gasteiger partial charge in [-0.25, -0.2) is 9.59 Å². The number of anilines is 2. The van der Waals surface area contributed by atoms with Gasteiger partial charge in [0.25, 0.3) is 0 Å². The van der Waals surface area contributed by atoms with Crippen LogP contribution in [0.5, 0.6) is 23.0 Å². The summed E-state index contributed by atoms with van der Waals surface area (Å²) in [6, 6.07) is 36.0. The molecule has 0 aliphatic heterocycles. The van der Waals surface area contributed by atoms with Crippen LogP contribution in [0, 0.1) is 0 Å². The third kappa shape index (κ3) is 11.9. The summed E-state index contributed by atoms with van der Waals surface area (Å²) in [5.41, 5.74) is 0.705. The number of amides is 2. The molecule has 8 aromatic rings. The minimum atomic E-state index is -1.24. The molecule has 8 aromatic carbocycles. The van der Waals surface area contributed by atoms with E-state index < -0.39 is 23.5 Å². The Morgan fingerprint density at radius 1 is 0.438 bits per heavy atom. The number of phenols is 4. The number of aromatic carboxylic acids is 2. The third-order valence-corrected chi connectivity index (χ3v) is 11.0. The number of phenolic OH excluding ortho intramolecular Hbond substituents is 4. The molecule has 0 atom stereocenters. The first-order chi connectivity index (χ1) is 34.6. The zero-order valence-corrected chi connectivity index (χ0v) is 39.9. The molecule has 0 saturated heterocycles. The Kier molecular flexibility index (Phi) is 16.9. The fraction of sp³-hybridized carbons (Fsp3) is 0.0741. The van der Waals surface area contributed by atoms with Crippen LogP contribution in [-0.4, -0.2) is 66.0 Å². The summed E-state index contributed by atoms with van der Waals surface area (Å²) in [5.74, 6) is -5.02. The quantitative estimate of drug-likeness (QED) is 0.0373. The molecule has 2 amide bonds. The molecule has 0 radical (unpaired) electrons. The summed E-state index contributed by atoms with van der Waals surface area (Å²) in [6.07, 6.45) is 0.511. The summed E-state index contributed by atoms with van der Waals surface area (Å²) in [5, 5.41) is 84.7. The fourth-order valence-corrected chi connectivity index (χ4v) is 7.33. The van der Waals surface area contributed by atoms with E-state index in [1.807, 2.05) is 0 Å². The molecule has 0 fully saturated rings. The predicted octanol–water partition coefficient (Wildman–Crippen LogP) is 12.2. The van der Waals surface area contributed by atoms with E-state index >= 15 is 0 Å². The Hall–Kier alpha value is -9.57. The Bertz CT molecular complexity index is 3350. The number of fused-ring (bicyclic) bond motifs is 2. The molecular formula is C54H45CrN6O12+3. The van der Waals surface area contributed by atoms with Gasteiger partial charge in [0, 0.05) is 63.2 Å². The maximum Gasteiger partial charge on any atom is 1.00 e. The second kappa shape index (κ2) is 23.4. The van der Waals surface area contributed by atoms with Crippen molar-refractivity contribution in [2.75, 3.05) is 10.6 Å². The Balaban J connectivity index is 0.000000380. The first-order valence-corrected chi connectivity index (χ1v) is 21.9. The number of hydrogen-bond acceptors (Lipinski definition) is 14. The topological polar surface area (TPSA) is 297 Å². The number of benzene rings is 8. The first kappa shape index (κ1) is 52.8. The zero-order chi connectivity index (χ0) is 51.6. The Morgan fingerprint density at radius 3 is 1.15 bits per heavy atom. The summed E-state index contributed by atoms with van der Waals surface area (Å²) in [7, 11) is 0. The molecule has 0 bridgehead atoms. The fourth-order valence-electron chi connectivity index (χ4n) is 7.33. The molecule has 18 nitrogen and oxygen atoms in total. The monoisotopic (exact) mass is 1020 g/mol. The van der Waals surface area contributed by atoms with E-state index in [9.17, 15) is 59.4 Å². The van der Waals surface area contributed by atoms with E-state index in [2.05, 4.69) is 31.1 Å². The van der Waals surface area contributed by atoms with Crippen LogP contribution in [0.4, 0.5) is 34.1 Å². The van der Waals surface area contributed by atoms with Crippen molar-refractivity contribution in [3.05, 3.63) is 179 Å². The number of nitrogens with zero attached hydrogens (tertiary/aromatic N) is 4. The molecule has 0 aromatic heterocycles. The molecule has 366 valence electrons. The van der Waals surface area contributed by atoms with Crippen molar-refractivity contribution in [1.29, 1.82) is 0 Å². The maximum absolute atomic E-state index is 13.0. The van der Waals surface area contributed by atoms with E-state index in [4.69, 9.17) is 0 Å². The summed E-state index contributed by atoms with van der Waals surface area (Å²) < 4.78 is 0. The number of carboxylic acids is 2. The predicted molar refractivity (Wildman–Crippen MR) is 271 cm³/mol. The maximum atomic E-state index is 13.0. The van der Waals surface area contributed by atoms with Gasteiger partial charge in [-0.3, -0.25) is 19.2 Å². The molecule has 0 spiro atoms. The van der Waals surface area contributed by atoms with Crippen molar-refractivity contribution >= 4 is 91.0 Å².